The lowest BCUT2D eigenvalue weighted by atomic mass is 10.1. The molecule has 0 saturated heterocycles. The van der Waals surface area contributed by atoms with E-state index in [4.69, 9.17) is 11.6 Å². The van der Waals surface area contributed by atoms with Gasteiger partial charge in [0, 0.05) is 5.56 Å². The molecule has 128 valence electrons. The number of carbonyl (C=O) groups is 2. The minimum absolute atomic E-state index is 0.178. The highest BCUT2D eigenvalue weighted by Crippen LogP contribution is 2.33. The summed E-state index contributed by atoms with van der Waals surface area (Å²) in [5.74, 6) is 2.23. The number of anilines is 1. The van der Waals surface area contributed by atoms with Crippen LogP contribution < -0.4 is 4.90 Å². The first-order valence-corrected chi connectivity index (χ1v) is 11.9. The Morgan fingerprint density at radius 3 is 2.08 bits per heavy atom. The Morgan fingerprint density at radius 1 is 1.00 bits per heavy atom. The molecule has 0 bridgehead atoms. The van der Waals surface area contributed by atoms with Crippen molar-refractivity contribution in [3.8, 4) is 17.5 Å². The molecule has 0 aliphatic carbocycles. The summed E-state index contributed by atoms with van der Waals surface area (Å²) >= 11 is 6.17. The van der Waals surface area contributed by atoms with Crippen LogP contribution in [0.3, 0.4) is 0 Å². The zero-order valence-electron chi connectivity index (χ0n) is 14.6. The van der Waals surface area contributed by atoms with Gasteiger partial charge in [-0.25, -0.2) is 4.90 Å². The lowest BCUT2D eigenvalue weighted by Crippen LogP contribution is -2.30. The van der Waals surface area contributed by atoms with Crippen LogP contribution in [0.5, 0.6) is 0 Å². The highest BCUT2D eigenvalue weighted by molar-refractivity contribution is 6.83. The van der Waals surface area contributed by atoms with Crippen LogP contribution in [0.4, 0.5) is 5.69 Å². The minimum Gasteiger partial charge on any atom is -0.268 e. The summed E-state index contributed by atoms with van der Waals surface area (Å²) in [5.41, 5.74) is 4.92. The Balaban J connectivity index is 2.21. The molecule has 0 unspecified atom stereocenters. The van der Waals surface area contributed by atoms with E-state index >= 15 is 0 Å². The van der Waals surface area contributed by atoms with Gasteiger partial charge in [-0.1, -0.05) is 49.3 Å². The quantitative estimate of drug-likeness (QED) is 0.423. The maximum atomic E-state index is 12.8. The van der Waals surface area contributed by atoms with Crippen molar-refractivity contribution in [3.63, 3.8) is 0 Å². The Bertz CT molecular complexity index is 1020. The zero-order chi connectivity index (χ0) is 19.1. The summed E-state index contributed by atoms with van der Waals surface area (Å²) in [6, 6.07) is 11.7. The molecule has 1 heterocycles. The lowest BCUT2D eigenvalue weighted by molar-refractivity contribution is 0.0926. The second-order valence-corrected chi connectivity index (χ2v) is 12.1. The summed E-state index contributed by atoms with van der Waals surface area (Å²) in [6.45, 7) is 6.26. The SMILES string of the molecule is C[Si](C)(C)C#Cc1cc(C#N)c(Cl)cc1N1C(=O)c2ccccc2C1=O. The van der Waals surface area contributed by atoms with Gasteiger partial charge < -0.3 is 0 Å². The number of rotatable bonds is 1. The molecule has 26 heavy (non-hydrogen) atoms. The topological polar surface area (TPSA) is 61.2 Å². The minimum atomic E-state index is -1.71. The number of imide groups is 1. The fourth-order valence-electron chi connectivity index (χ4n) is 2.60. The van der Waals surface area contributed by atoms with Crippen molar-refractivity contribution in [1.82, 2.24) is 0 Å². The molecular formula is C20H15ClN2O2Si. The molecule has 0 aromatic heterocycles. The van der Waals surface area contributed by atoms with Gasteiger partial charge in [0.15, 0.2) is 0 Å². The summed E-state index contributed by atoms with van der Waals surface area (Å²) in [7, 11) is -1.71. The van der Waals surface area contributed by atoms with Crippen molar-refractivity contribution in [3.05, 3.63) is 63.7 Å². The van der Waals surface area contributed by atoms with Crippen LogP contribution in [0.25, 0.3) is 0 Å². The van der Waals surface area contributed by atoms with Gasteiger partial charge in [0.2, 0.25) is 0 Å². The van der Waals surface area contributed by atoms with Crippen LogP contribution in [0.2, 0.25) is 24.7 Å². The highest BCUT2D eigenvalue weighted by Gasteiger charge is 2.37. The molecule has 2 aromatic carbocycles. The molecule has 0 saturated carbocycles. The molecule has 2 aromatic rings. The summed E-state index contributed by atoms with van der Waals surface area (Å²) in [6.07, 6.45) is 0. The van der Waals surface area contributed by atoms with E-state index in [1.807, 2.05) is 6.07 Å². The maximum Gasteiger partial charge on any atom is 0.266 e. The number of hydrogen-bond acceptors (Lipinski definition) is 3. The molecule has 4 nitrogen and oxygen atoms in total. The number of benzene rings is 2. The van der Waals surface area contributed by atoms with Gasteiger partial charge in [0.05, 0.1) is 27.4 Å². The number of hydrogen-bond donors (Lipinski definition) is 0. The number of nitrogens with zero attached hydrogens (tertiary/aromatic N) is 2. The average Bonchev–Trinajstić information content (AvgIpc) is 2.84. The summed E-state index contributed by atoms with van der Waals surface area (Å²) < 4.78 is 0. The monoisotopic (exact) mass is 378 g/mol. The van der Waals surface area contributed by atoms with Crippen LogP contribution in [0.15, 0.2) is 36.4 Å². The predicted octanol–water partition coefficient (Wildman–Crippen LogP) is 4.24. The lowest BCUT2D eigenvalue weighted by Gasteiger charge is -2.17. The van der Waals surface area contributed by atoms with Gasteiger partial charge in [0.25, 0.3) is 11.8 Å². The van der Waals surface area contributed by atoms with Crippen molar-refractivity contribution in [1.29, 1.82) is 5.26 Å². The van der Waals surface area contributed by atoms with Gasteiger partial charge in [0.1, 0.15) is 14.1 Å². The molecule has 6 heteroatoms. The van der Waals surface area contributed by atoms with Gasteiger partial charge in [-0.2, -0.15) is 5.26 Å². The van der Waals surface area contributed by atoms with Crippen LogP contribution in [0, 0.1) is 22.8 Å². The largest absolute Gasteiger partial charge is 0.268 e. The number of carbonyl (C=O) groups excluding carboxylic acids is 2. The third kappa shape index (κ3) is 3.15. The number of halogens is 1. The first kappa shape index (κ1) is 17.9. The standard InChI is InChI=1S/C20H15ClN2O2Si/c1-26(2,3)9-8-13-10-14(12-22)17(21)11-18(13)23-19(24)15-6-4-5-7-16(15)20(23)25/h4-7,10-11H,1-3H3. The summed E-state index contributed by atoms with van der Waals surface area (Å²) in [4.78, 5) is 26.7. The van der Waals surface area contributed by atoms with Gasteiger partial charge >= 0.3 is 0 Å². The first-order chi connectivity index (χ1) is 12.2. The number of fused-ring (bicyclic) bond motifs is 1. The molecule has 2 amide bonds. The molecule has 0 spiro atoms. The third-order valence-corrected chi connectivity index (χ3v) is 5.00. The Labute approximate surface area is 158 Å². The van der Waals surface area contributed by atoms with E-state index < -0.39 is 19.9 Å². The smallest absolute Gasteiger partial charge is 0.266 e. The fourth-order valence-corrected chi connectivity index (χ4v) is 3.31. The van der Waals surface area contributed by atoms with E-state index in [2.05, 4.69) is 31.1 Å². The zero-order valence-corrected chi connectivity index (χ0v) is 16.3. The molecule has 3 rings (SSSR count). The molecule has 0 fully saturated rings. The van der Waals surface area contributed by atoms with E-state index in [1.54, 1.807) is 24.3 Å². The maximum absolute atomic E-state index is 12.8. The molecule has 1 aliphatic rings. The van der Waals surface area contributed by atoms with Gasteiger partial charge in [-0.05, 0) is 24.3 Å². The predicted molar refractivity (Wildman–Crippen MR) is 104 cm³/mol. The summed E-state index contributed by atoms with van der Waals surface area (Å²) in [5, 5.41) is 9.43. The molecule has 1 aliphatic heterocycles. The Hall–Kier alpha value is -2.86. The van der Waals surface area contributed by atoms with E-state index in [9.17, 15) is 14.9 Å². The van der Waals surface area contributed by atoms with E-state index in [1.165, 1.54) is 12.1 Å². The number of nitriles is 1. The first-order valence-electron chi connectivity index (χ1n) is 7.97. The van der Waals surface area contributed by atoms with Crippen molar-refractivity contribution >= 4 is 37.2 Å². The Morgan fingerprint density at radius 2 is 1.58 bits per heavy atom. The van der Waals surface area contributed by atoms with E-state index in [0.717, 1.165) is 4.90 Å². The van der Waals surface area contributed by atoms with Gasteiger partial charge in [-0.3, -0.25) is 9.59 Å². The fraction of sp³-hybridized carbons (Fsp3) is 0.150. The molecular weight excluding hydrogens is 364 g/mol. The third-order valence-electron chi connectivity index (χ3n) is 3.81. The highest BCUT2D eigenvalue weighted by atomic mass is 35.5. The Kier molecular flexibility index (Phi) is 4.46. The van der Waals surface area contributed by atoms with Crippen molar-refractivity contribution < 1.29 is 9.59 Å². The molecule has 0 radical (unpaired) electrons. The van der Waals surface area contributed by atoms with Crippen LogP contribution in [0.1, 0.15) is 31.8 Å². The number of amides is 2. The molecule has 0 N–H and O–H groups in total. The van der Waals surface area contributed by atoms with Crippen molar-refractivity contribution in [2.24, 2.45) is 0 Å². The van der Waals surface area contributed by atoms with E-state index in [-0.39, 0.29) is 10.6 Å². The van der Waals surface area contributed by atoms with Crippen LogP contribution >= 0.6 is 11.6 Å². The second kappa shape index (κ2) is 6.46. The van der Waals surface area contributed by atoms with Crippen LogP contribution in [-0.4, -0.2) is 19.9 Å². The normalized spacial score (nSPS) is 13.1. The van der Waals surface area contributed by atoms with Crippen LogP contribution in [-0.2, 0) is 0 Å². The van der Waals surface area contributed by atoms with Crippen molar-refractivity contribution in [2.75, 3.05) is 4.90 Å². The van der Waals surface area contributed by atoms with E-state index in [0.29, 0.717) is 22.4 Å². The second-order valence-electron chi connectivity index (χ2n) is 6.95. The van der Waals surface area contributed by atoms with Gasteiger partial charge in [-0.15, -0.1) is 5.54 Å². The van der Waals surface area contributed by atoms with Crippen molar-refractivity contribution in [2.45, 2.75) is 19.6 Å². The average molecular weight is 379 g/mol. The molecule has 0 atom stereocenters.